The van der Waals surface area contributed by atoms with Crippen molar-refractivity contribution >= 4 is 37.8 Å². The maximum Gasteiger partial charge on any atom is 0.311 e. The van der Waals surface area contributed by atoms with Crippen LogP contribution >= 0.6 is 31.9 Å². The van der Waals surface area contributed by atoms with Crippen LogP contribution in [-0.2, 0) is 9.53 Å². The smallest absolute Gasteiger partial charge is 0.311 e. The first-order valence-electron chi connectivity index (χ1n) is 3.83. The van der Waals surface area contributed by atoms with Crippen molar-refractivity contribution in [2.45, 2.75) is 36.0 Å². The molecular formula is C8H12Br2O2. The Morgan fingerprint density at radius 1 is 1.50 bits per heavy atom. The molecule has 0 radical (unpaired) electrons. The minimum absolute atomic E-state index is 0.0308. The van der Waals surface area contributed by atoms with Gasteiger partial charge in [0.05, 0.1) is 9.15 Å². The van der Waals surface area contributed by atoms with Crippen molar-refractivity contribution < 1.29 is 9.53 Å². The number of carbonyl (C=O) groups is 1. The molecule has 0 saturated heterocycles. The van der Waals surface area contributed by atoms with Crippen LogP contribution < -0.4 is 0 Å². The van der Waals surface area contributed by atoms with Gasteiger partial charge in [0, 0.05) is 0 Å². The first-order chi connectivity index (χ1) is 5.22. The van der Waals surface area contributed by atoms with E-state index < -0.39 is 0 Å². The molecule has 0 spiro atoms. The molecule has 1 saturated carbocycles. The molecule has 0 aromatic rings. The van der Waals surface area contributed by atoms with Gasteiger partial charge in [-0.15, -0.1) is 0 Å². The van der Waals surface area contributed by atoms with E-state index in [-0.39, 0.29) is 20.7 Å². The summed E-state index contributed by atoms with van der Waals surface area (Å²) in [6.45, 7) is 5.62. The molecular weight excluding hydrogens is 288 g/mol. The lowest BCUT2D eigenvalue weighted by Crippen LogP contribution is -2.25. The number of hydrogen-bond acceptors (Lipinski definition) is 2. The van der Waals surface area contributed by atoms with Crippen molar-refractivity contribution in [2.24, 2.45) is 5.92 Å². The summed E-state index contributed by atoms with van der Waals surface area (Å²) in [6.07, 6.45) is 0.807. The van der Waals surface area contributed by atoms with Crippen molar-refractivity contribution in [2.75, 3.05) is 0 Å². The molecule has 2 nitrogen and oxygen atoms in total. The third kappa shape index (κ3) is 2.73. The molecule has 4 heteroatoms. The van der Waals surface area contributed by atoms with Gasteiger partial charge in [-0.05, 0) is 27.2 Å². The Labute approximate surface area is 89.3 Å². The lowest BCUT2D eigenvalue weighted by Gasteiger charge is -2.19. The van der Waals surface area contributed by atoms with Gasteiger partial charge >= 0.3 is 5.97 Å². The number of hydrogen-bond donors (Lipinski definition) is 0. The normalized spacial score (nSPS) is 26.6. The summed E-state index contributed by atoms with van der Waals surface area (Å²) in [4.78, 5) is 11.4. The molecule has 70 valence electrons. The minimum atomic E-state index is -0.379. The van der Waals surface area contributed by atoms with E-state index in [2.05, 4.69) is 31.9 Å². The predicted molar refractivity (Wildman–Crippen MR) is 54.5 cm³/mol. The largest absolute Gasteiger partial charge is 0.460 e. The second kappa shape index (κ2) is 2.98. The second-order valence-electron chi connectivity index (χ2n) is 4.05. The Bertz CT molecular complexity index is 206. The Balaban J connectivity index is 2.42. The zero-order valence-electron chi connectivity index (χ0n) is 7.36. The number of esters is 1. The molecule has 1 unspecified atom stereocenters. The van der Waals surface area contributed by atoms with Crippen molar-refractivity contribution in [1.82, 2.24) is 0 Å². The van der Waals surface area contributed by atoms with Crippen LogP contribution in [0.5, 0.6) is 0 Å². The number of carbonyl (C=O) groups excluding carboxylic acids is 1. The van der Waals surface area contributed by atoms with Gasteiger partial charge in [0.1, 0.15) is 5.60 Å². The monoisotopic (exact) mass is 298 g/mol. The van der Waals surface area contributed by atoms with Gasteiger partial charge in [0.2, 0.25) is 0 Å². The molecule has 0 heterocycles. The van der Waals surface area contributed by atoms with Crippen molar-refractivity contribution in [3.63, 3.8) is 0 Å². The van der Waals surface area contributed by atoms with Gasteiger partial charge in [0.25, 0.3) is 0 Å². The lowest BCUT2D eigenvalue weighted by atomic mass is 10.2. The van der Waals surface area contributed by atoms with Crippen LogP contribution in [0, 0.1) is 5.92 Å². The minimum Gasteiger partial charge on any atom is -0.460 e. The van der Waals surface area contributed by atoms with E-state index in [1.54, 1.807) is 0 Å². The molecule has 0 aromatic carbocycles. The summed E-state index contributed by atoms with van der Waals surface area (Å²) in [7, 11) is 0. The highest BCUT2D eigenvalue weighted by atomic mass is 79.9. The summed E-state index contributed by atoms with van der Waals surface area (Å²) in [5, 5.41) is 0. The summed E-state index contributed by atoms with van der Waals surface area (Å²) in [5.41, 5.74) is -0.379. The molecule has 0 amide bonds. The zero-order valence-corrected chi connectivity index (χ0v) is 10.5. The maximum atomic E-state index is 11.4. The number of halogens is 2. The highest BCUT2D eigenvalue weighted by Crippen LogP contribution is 2.57. The number of ether oxygens (including phenoxy) is 1. The van der Waals surface area contributed by atoms with E-state index >= 15 is 0 Å². The van der Waals surface area contributed by atoms with Gasteiger partial charge < -0.3 is 4.74 Å². The molecule has 0 aromatic heterocycles. The molecule has 1 aliphatic rings. The van der Waals surface area contributed by atoms with Crippen LogP contribution in [0.4, 0.5) is 0 Å². The van der Waals surface area contributed by atoms with E-state index in [9.17, 15) is 4.79 Å². The molecule has 1 atom stereocenters. The van der Waals surface area contributed by atoms with Gasteiger partial charge in [-0.1, -0.05) is 31.9 Å². The summed E-state index contributed by atoms with van der Waals surface area (Å²) < 4.78 is 5.01. The summed E-state index contributed by atoms with van der Waals surface area (Å²) >= 11 is 6.75. The molecule has 0 bridgehead atoms. The van der Waals surface area contributed by atoms with E-state index in [1.807, 2.05) is 20.8 Å². The Morgan fingerprint density at radius 2 is 1.92 bits per heavy atom. The third-order valence-electron chi connectivity index (χ3n) is 1.52. The Morgan fingerprint density at radius 3 is 2.17 bits per heavy atom. The highest BCUT2D eigenvalue weighted by molar-refractivity contribution is 9.25. The first-order valence-corrected chi connectivity index (χ1v) is 5.42. The first kappa shape index (κ1) is 10.5. The second-order valence-corrected chi connectivity index (χ2v) is 7.95. The Hall–Kier alpha value is 0.430. The van der Waals surface area contributed by atoms with Crippen LogP contribution in [0.15, 0.2) is 0 Å². The average Bonchev–Trinajstić information content (AvgIpc) is 2.35. The maximum absolute atomic E-state index is 11.4. The standard InChI is InChI=1S/C8H12Br2O2/c1-7(2,3)12-6(11)5-4-8(5,9)10/h5H,4H2,1-3H3. The molecule has 1 aliphatic carbocycles. The van der Waals surface area contributed by atoms with Crippen molar-refractivity contribution in [3.05, 3.63) is 0 Å². The van der Waals surface area contributed by atoms with E-state index in [0.717, 1.165) is 6.42 Å². The SMILES string of the molecule is CC(C)(C)OC(=O)C1CC1(Br)Br. The molecule has 0 aliphatic heterocycles. The van der Waals surface area contributed by atoms with Crippen LogP contribution in [0.1, 0.15) is 27.2 Å². The summed E-state index contributed by atoms with van der Waals surface area (Å²) in [6, 6.07) is 0. The van der Waals surface area contributed by atoms with E-state index in [0.29, 0.717) is 0 Å². The third-order valence-corrected chi connectivity index (χ3v) is 3.27. The van der Waals surface area contributed by atoms with Crippen LogP contribution in [-0.4, -0.2) is 14.8 Å². The molecule has 1 rings (SSSR count). The molecule has 0 N–H and O–H groups in total. The van der Waals surface area contributed by atoms with Crippen molar-refractivity contribution in [1.29, 1.82) is 0 Å². The van der Waals surface area contributed by atoms with Crippen LogP contribution in [0.3, 0.4) is 0 Å². The van der Waals surface area contributed by atoms with E-state index in [1.165, 1.54) is 0 Å². The summed E-state index contributed by atoms with van der Waals surface area (Å²) in [5.74, 6) is -0.159. The van der Waals surface area contributed by atoms with E-state index in [4.69, 9.17) is 4.74 Å². The highest BCUT2D eigenvalue weighted by Gasteiger charge is 2.56. The van der Waals surface area contributed by atoms with Gasteiger partial charge in [-0.25, -0.2) is 0 Å². The number of rotatable bonds is 1. The fourth-order valence-corrected chi connectivity index (χ4v) is 1.86. The van der Waals surface area contributed by atoms with Crippen LogP contribution in [0.25, 0.3) is 0 Å². The van der Waals surface area contributed by atoms with Gasteiger partial charge in [-0.2, -0.15) is 0 Å². The topological polar surface area (TPSA) is 26.3 Å². The van der Waals surface area contributed by atoms with Crippen molar-refractivity contribution in [3.8, 4) is 0 Å². The molecule has 12 heavy (non-hydrogen) atoms. The van der Waals surface area contributed by atoms with Crippen LogP contribution in [0.2, 0.25) is 0 Å². The molecule has 1 fully saturated rings. The fourth-order valence-electron chi connectivity index (χ4n) is 0.842. The predicted octanol–water partition coefficient (Wildman–Crippen LogP) is 2.83. The average molecular weight is 300 g/mol. The lowest BCUT2D eigenvalue weighted by molar-refractivity contribution is -0.156. The van der Waals surface area contributed by atoms with Gasteiger partial charge in [-0.3, -0.25) is 4.79 Å². The fraction of sp³-hybridized carbons (Fsp3) is 0.875. The zero-order chi connectivity index (χ0) is 9.57. The Kier molecular flexibility index (Phi) is 2.61. The number of alkyl halides is 2. The van der Waals surface area contributed by atoms with Gasteiger partial charge in [0.15, 0.2) is 0 Å². The quantitative estimate of drug-likeness (QED) is 0.550.